The molecule has 0 spiro atoms. The summed E-state index contributed by atoms with van der Waals surface area (Å²) < 4.78 is 5.18. The maximum Gasteiger partial charge on any atom is 0.338 e. The van der Waals surface area contributed by atoms with E-state index in [9.17, 15) is 19.2 Å². The molecule has 0 unspecified atom stereocenters. The SMILES string of the molecule is BrCCc1ccccc1.O=Cc1ccccc1C(=O)O.O=Cc1ccccc1C(=O)OCCc1ccccc1. The second-order valence-corrected chi connectivity index (χ2v) is 8.80. The summed E-state index contributed by atoms with van der Waals surface area (Å²) in [4.78, 5) is 43.3. The van der Waals surface area contributed by atoms with Gasteiger partial charge in [-0.15, -0.1) is 0 Å². The number of carbonyl (C=O) groups is 4. The van der Waals surface area contributed by atoms with Gasteiger partial charge < -0.3 is 9.84 Å². The van der Waals surface area contributed by atoms with Gasteiger partial charge in [0.05, 0.1) is 17.7 Å². The van der Waals surface area contributed by atoms with Crippen LogP contribution in [0.1, 0.15) is 52.6 Å². The molecule has 4 aromatic rings. The van der Waals surface area contributed by atoms with Gasteiger partial charge in [-0.1, -0.05) is 113 Å². The lowest BCUT2D eigenvalue weighted by Gasteiger charge is -2.06. The van der Waals surface area contributed by atoms with Crippen LogP contribution in [0.3, 0.4) is 0 Å². The van der Waals surface area contributed by atoms with Crippen LogP contribution in [0.2, 0.25) is 0 Å². The van der Waals surface area contributed by atoms with Crippen LogP contribution in [0, 0.1) is 0 Å². The lowest BCUT2D eigenvalue weighted by molar-refractivity contribution is 0.0506. The molecule has 0 radical (unpaired) electrons. The third kappa shape index (κ3) is 11.3. The van der Waals surface area contributed by atoms with Gasteiger partial charge in [0.1, 0.15) is 0 Å². The second-order valence-electron chi connectivity index (χ2n) is 8.01. The van der Waals surface area contributed by atoms with Crippen LogP contribution in [0.15, 0.2) is 109 Å². The smallest absolute Gasteiger partial charge is 0.338 e. The van der Waals surface area contributed by atoms with E-state index in [0.29, 0.717) is 36.7 Å². The van der Waals surface area contributed by atoms with Gasteiger partial charge in [0, 0.05) is 22.9 Å². The van der Waals surface area contributed by atoms with E-state index in [1.807, 2.05) is 36.4 Å². The molecule has 0 amide bonds. The monoisotopic (exact) mass is 588 g/mol. The molecule has 0 aromatic heterocycles. The van der Waals surface area contributed by atoms with Gasteiger partial charge in [-0.25, -0.2) is 9.59 Å². The molecule has 0 atom stereocenters. The highest BCUT2D eigenvalue weighted by molar-refractivity contribution is 9.09. The number of aryl methyl sites for hydroxylation is 1. The number of carbonyl (C=O) groups excluding carboxylic acids is 3. The third-order valence-electron chi connectivity index (χ3n) is 5.32. The number of esters is 1. The Labute approximate surface area is 236 Å². The number of halogens is 1. The van der Waals surface area contributed by atoms with E-state index >= 15 is 0 Å². The van der Waals surface area contributed by atoms with Crippen molar-refractivity contribution in [2.75, 3.05) is 11.9 Å². The zero-order valence-electron chi connectivity index (χ0n) is 21.2. The van der Waals surface area contributed by atoms with E-state index in [4.69, 9.17) is 9.84 Å². The van der Waals surface area contributed by atoms with Gasteiger partial charge >= 0.3 is 11.9 Å². The molecule has 7 heteroatoms. The fraction of sp³-hybridized carbons (Fsp3) is 0.125. The normalized spacial score (nSPS) is 9.56. The summed E-state index contributed by atoms with van der Waals surface area (Å²) in [6, 6.07) is 32.9. The molecule has 39 heavy (non-hydrogen) atoms. The summed E-state index contributed by atoms with van der Waals surface area (Å²) in [6.07, 6.45) is 2.98. The average Bonchev–Trinajstić information content (AvgIpc) is 2.99. The van der Waals surface area contributed by atoms with E-state index in [1.54, 1.807) is 36.4 Å². The number of hydrogen-bond donors (Lipinski definition) is 1. The van der Waals surface area contributed by atoms with E-state index < -0.39 is 11.9 Å². The predicted octanol–water partition coefficient (Wildman–Crippen LogP) is 6.72. The molecule has 0 saturated carbocycles. The van der Waals surface area contributed by atoms with Crippen molar-refractivity contribution in [2.45, 2.75) is 12.8 Å². The van der Waals surface area contributed by atoms with Crippen LogP contribution < -0.4 is 0 Å². The fourth-order valence-electron chi connectivity index (χ4n) is 3.32. The number of aromatic carboxylic acids is 1. The van der Waals surface area contributed by atoms with E-state index in [0.717, 1.165) is 17.3 Å². The molecule has 0 saturated heterocycles. The zero-order chi connectivity index (χ0) is 28.3. The zero-order valence-corrected chi connectivity index (χ0v) is 22.8. The van der Waals surface area contributed by atoms with Crippen molar-refractivity contribution in [3.05, 3.63) is 143 Å². The van der Waals surface area contributed by atoms with Crippen LogP contribution >= 0.6 is 15.9 Å². The van der Waals surface area contributed by atoms with Crippen LogP contribution in [0.4, 0.5) is 0 Å². The quantitative estimate of drug-likeness (QED) is 0.132. The van der Waals surface area contributed by atoms with Gasteiger partial charge in [-0.3, -0.25) is 9.59 Å². The minimum absolute atomic E-state index is 0.0440. The molecule has 0 fully saturated rings. The number of ether oxygens (including phenoxy) is 1. The molecule has 4 aromatic carbocycles. The van der Waals surface area contributed by atoms with Crippen LogP contribution in [-0.2, 0) is 17.6 Å². The first kappa shape index (κ1) is 30.9. The Morgan fingerprint density at radius 3 is 1.54 bits per heavy atom. The van der Waals surface area contributed by atoms with Crippen molar-refractivity contribution in [3.63, 3.8) is 0 Å². The average molecular weight is 589 g/mol. The molecule has 0 aliphatic carbocycles. The number of rotatable bonds is 9. The second kappa shape index (κ2) is 18.0. The number of alkyl halides is 1. The Kier molecular flexibility index (Phi) is 14.2. The topological polar surface area (TPSA) is 97.7 Å². The first-order valence-corrected chi connectivity index (χ1v) is 13.2. The Balaban J connectivity index is 0.000000226. The standard InChI is InChI=1S/C16H14O3.C8H9Br.C8H6O3/c17-12-14-8-4-5-9-15(14)16(18)19-11-10-13-6-2-1-3-7-13;9-7-6-8-4-2-1-3-5-8;9-5-6-3-1-2-4-7(6)8(10)11/h1-9,12H,10-11H2;1-5H,6-7H2;1-5H,(H,10,11). The number of benzene rings is 4. The predicted molar refractivity (Wildman–Crippen MR) is 155 cm³/mol. The molecule has 1 N–H and O–H groups in total. The molecular formula is C32H29BrO6. The Morgan fingerprint density at radius 1 is 0.641 bits per heavy atom. The summed E-state index contributed by atoms with van der Waals surface area (Å²) in [5.41, 5.74) is 3.42. The highest BCUT2D eigenvalue weighted by Crippen LogP contribution is 2.09. The van der Waals surface area contributed by atoms with Crippen molar-refractivity contribution in [2.24, 2.45) is 0 Å². The molecule has 0 heterocycles. The summed E-state index contributed by atoms with van der Waals surface area (Å²) in [5, 5.41) is 9.59. The fourth-order valence-corrected chi connectivity index (χ4v) is 3.78. The van der Waals surface area contributed by atoms with E-state index in [-0.39, 0.29) is 11.1 Å². The number of hydrogen-bond acceptors (Lipinski definition) is 5. The Hall–Kier alpha value is -4.36. The Bertz CT molecular complexity index is 1320. The molecule has 200 valence electrons. The molecule has 0 bridgehead atoms. The third-order valence-corrected chi connectivity index (χ3v) is 5.72. The summed E-state index contributed by atoms with van der Waals surface area (Å²) in [5.74, 6) is -1.54. The molecule has 0 aliphatic heterocycles. The lowest BCUT2D eigenvalue weighted by Crippen LogP contribution is -2.10. The number of aldehydes is 2. The lowest BCUT2D eigenvalue weighted by atomic mass is 10.1. The molecule has 6 nitrogen and oxygen atoms in total. The van der Waals surface area contributed by atoms with Crippen LogP contribution in [0.5, 0.6) is 0 Å². The molecule has 0 aliphatic rings. The molecular weight excluding hydrogens is 560 g/mol. The highest BCUT2D eigenvalue weighted by Gasteiger charge is 2.11. The van der Waals surface area contributed by atoms with Crippen molar-refractivity contribution in [3.8, 4) is 0 Å². The van der Waals surface area contributed by atoms with Crippen molar-refractivity contribution >= 4 is 40.4 Å². The number of carboxylic acids is 1. The summed E-state index contributed by atoms with van der Waals surface area (Å²) in [6.45, 7) is 0.302. The van der Waals surface area contributed by atoms with Gasteiger partial charge in [0.2, 0.25) is 0 Å². The minimum atomic E-state index is -1.08. The highest BCUT2D eigenvalue weighted by atomic mass is 79.9. The Morgan fingerprint density at radius 2 is 1.08 bits per heavy atom. The van der Waals surface area contributed by atoms with E-state index in [2.05, 4.69) is 40.2 Å². The van der Waals surface area contributed by atoms with Crippen molar-refractivity contribution in [1.29, 1.82) is 0 Å². The van der Waals surface area contributed by atoms with E-state index in [1.165, 1.54) is 17.7 Å². The summed E-state index contributed by atoms with van der Waals surface area (Å²) >= 11 is 3.39. The van der Waals surface area contributed by atoms with Crippen molar-refractivity contribution in [1.82, 2.24) is 0 Å². The maximum atomic E-state index is 11.8. The van der Waals surface area contributed by atoms with Crippen LogP contribution in [-0.4, -0.2) is 41.6 Å². The van der Waals surface area contributed by atoms with Gasteiger partial charge in [0.15, 0.2) is 12.6 Å². The minimum Gasteiger partial charge on any atom is -0.478 e. The largest absolute Gasteiger partial charge is 0.478 e. The number of carboxylic acid groups (broad SMARTS) is 1. The van der Waals surface area contributed by atoms with Crippen LogP contribution in [0.25, 0.3) is 0 Å². The van der Waals surface area contributed by atoms with Gasteiger partial charge in [0.25, 0.3) is 0 Å². The molecule has 4 rings (SSSR count). The van der Waals surface area contributed by atoms with Crippen molar-refractivity contribution < 1.29 is 29.0 Å². The first-order chi connectivity index (χ1) is 19.0. The van der Waals surface area contributed by atoms with Gasteiger partial charge in [-0.2, -0.15) is 0 Å². The van der Waals surface area contributed by atoms with Gasteiger partial charge in [-0.05, 0) is 29.7 Å². The first-order valence-electron chi connectivity index (χ1n) is 12.1. The maximum absolute atomic E-state index is 11.8. The summed E-state index contributed by atoms with van der Waals surface area (Å²) in [7, 11) is 0.